The van der Waals surface area contributed by atoms with Crippen LogP contribution in [0.25, 0.3) is 0 Å². The Bertz CT molecular complexity index is 846. The summed E-state index contributed by atoms with van der Waals surface area (Å²) in [5.41, 5.74) is 2.56. The number of piperidine rings is 1. The van der Waals surface area contributed by atoms with E-state index in [9.17, 15) is 9.59 Å². The molecule has 4 rings (SSSR count). The van der Waals surface area contributed by atoms with Gasteiger partial charge in [-0.3, -0.25) is 9.59 Å². The van der Waals surface area contributed by atoms with E-state index in [1.54, 1.807) is 23.7 Å². The van der Waals surface area contributed by atoms with Crippen molar-refractivity contribution in [3.63, 3.8) is 0 Å². The molecule has 25 heavy (non-hydrogen) atoms. The SMILES string of the molecule is Cc1cc(C(=O)N2CCC(Cn3nc4c(cc3=O)CCC4)CC2)no1. The summed E-state index contributed by atoms with van der Waals surface area (Å²) in [7, 11) is 0. The van der Waals surface area contributed by atoms with Crippen LogP contribution in [0.3, 0.4) is 0 Å². The molecule has 2 aliphatic rings. The van der Waals surface area contributed by atoms with Crippen LogP contribution in [0, 0.1) is 12.8 Å². The van der Waals surface area contributed by atoms with Crippen LogP contribution in [0.2, 0.25) is 0 Å². The van der Waals surface area contributed by atoms with Crippen molar-refractivity contribution in [2.75, 3.05) is 13.1 Å². The third kappa shape index (κ3) is 3.23. The standard InChI is InChI=1S/C18H22N4O3/c1-12-9-16(20-25-12)18(24)21-7-5-13(6-8-21)11-22-17(23)10-14-3-2-4-15(14)19-22/h9-10,13H,2-8,11H2,1H3. The molecule has 0 atom stereocenters. The minimum Gasteiger partial charge on any atom is -0.361 e. The fourth-order valence-electron chi connectivity index (χ4n) is 3.76. The lowest BCUT2D eigenvalue weighted by Crippen LogP contribution is -2.40. The monoisotopic (exact) mass is 342 g/mol. The van der Waals surface area contributed by atoms with Crippen molar-refractivity contribution in [1.82, 2.24) is 19.8 Å². The van der Waals surface area contributed by atoms with Gasteiger partial charge in [0.1, 0.15) is 5.76 Å². The van der Waals surface area contributed by atoms with Gasteiger partial charge >= 0.3 is 0 Å². The van der Waals surface area contributed by atoms with Crippen LogP contribution < -0.4 is 5.56 Å². The molecule has 0 aromatic carbocycles. The number of likely N-dealkylation sites (tertiary alicyclic amines) is 1. The van der Waals surface area contributed by atoms with Crippen molar-refractivity contribution in [3.05, 3.63) is 45.2 Å². The largest absolute Gasteiger partial charge is 0.361 e. The minimum absolute atomic E-state index is 0.00257. The second kappa shape index (κ2) is 6.46. The Hall–Kier alpha value is -2.44. The number of aromatic nitrogens is 3. The van der Waals surface area contributed by atoms with E-state index in [4.69, 9.17) is 4.52 Å². The maximum absolute atomic E-state index is 12.4. The summed E-state index contributed by atoms with van der Waals surface area (Å²) in [6.45, 7) is 3.76. The molecule has 0 N–H and O–H groups in total. The molecule has 1 fully saturated rings. The second-order valence-corrected chi connectivity index (χ2v) is 7.05. The van der Waals surface area contributed by atoms with Gasteiger partial charge in [0.25, 0.3) is 11.5 Å². The first-order valence-electron chi connectivity index (χ1n) is 8.92. The summed E-state index contributed by atoms with van der Waals surface area (Å²) in [6.07, 6.45) is 4.77. The van der Waals surface area contributed by atoms with Crippen molar-refractivity contribution in [1.29, 1.82) is 0 Å². The molecule has 1 amide bonds. The van der Waals surface area contributed by atoms with E-state index in [0.717, 1.165) is 43.4 Å². The van der Waals surface area contributed by atoms with E-state index in [0.29, 0.717) is 37.0 Å². The Morgan fingerprint density at radius 2 is 2.08 bits per heavy atom. The number of hydrogen-bond donors (Lipinski definition) is 0. The van der Waals surface area contributed by atoms with Gasteiger partial charge in [0.2, 0.25) is 0 Å². The number of hydrogen-bond acceptors (Lipinski definition) is 5. The summed E-state index contributed by atoms with van der Waals surface area (Å²) in [6, 6.07) is 3.42. The zero-order valence-corrected chi connectivity index (χ0v) is 14.4. The Kier molecular flexibility index (Phi) is 4.15. The van der Waals surface area contributed by atoms with E-state index in [2.05, 4.69) is 10.3 Å². The van der Waals surface area contributed by atoms with Crippen molar-refractivity contribution in [2.45, 2.75) is 45.6 Å². The maximum atomic E-state index is 12.4. The van der Waals surface area contributed by atoms with Crippen LogP contribution in [0.5, 0.6) is 0 Å². The number of carbonyl (C=O) groups excluding carboxylic acids is 1. The molecule has 132 valence electrons. The van der Waals surface area contributed by atoms with Gasteiger partial charge in [0.15, 0.2) is 5.69 Å². The highest BCUT2D eigenvalue weighted by molar-refractivity contribution is 5.92. The minimum atomic E-state index is -0.0804. The number of fused-ring (bicyclic) bond motifs is 1. The smallest absolute Gasteiger partial charge is 0.276 e. The first kappa shape index (κ1) is 16.1. The molecule has 2 aromatic rings. The summed E-state index contributed by atoms with van der Waals surface area (Å²) < 4.78 is 6.60. The number of carbonyl (C=O) groups is 1. The van der Waals surface area contributed by atoms with E-state index in [1.165, 1.54) is 0 Å². The number of amides is 1. The summed E-state index contributed by atoms with van der Waals surface area (Å²) in [5.74, 6) is 0.927. The van der Waals surface area contributed by atoms with Gasteiger partial charge in [0.05, 0.1) is 5.69 Å². The Morgan fingerprint density at radius 3 is 2.80 bits per heavy atom. The fourth-order valence-corrected chi connectivity index (χ4v) is 3.76. The fraction of sp³-hybridized carbons (Fsp3) is 0.556. The molecule has 0 radical (unpaired) electrons. The first-order valence-corrected chi connectivity index (χ1v) is 8.92. The Labute approximate surface area is 145 Å². The van der Waals surface area contributed by atoms with Crippen LogP contribution in [-0.4, -0.2) is 38.8 Å². The van der Waals surface area contributed by atoms with Crippen molar-refractivity contribution in [3.8, 4) is 0 Å². The highest BCUT2D eigenvalue weighted by atomic mass is 16.5. The van der Waals surface area contributed by atoms with Gasteiger partial charge in [-0.15, -0.1) is 0 Å². The summed E-state index contributed by atoms with van der Waals surface area (Å²) in [5, 5.41) is 8.35. The van der Waals surface area contributed by atoms with Gasteiger partial charge in [-0.25, -0.2) is 4.68 Å². The molecular formula is C18H22N4O3. The molecule has 7 nitrogen and oxygen atoms in total. The zero-order chi connectivity index (χ0) is 17.4. The van der Waals surface area contributed by atoms with Crippen LogP contribution in [-0.2, 0) is 19.4 Å². The topological polar surface area (TPSA) is 81.2 Å². The number of aryl methyl sites for hydroxylation is 3. The van der Waals surface area contributed by atoms with Crippen molar-refractivity contribution < 1.29 is 9.32 Å². The molecule has 0 spiro atoms. The van der Waals surface area contributed by atoms with Gasteiger partial charge in [0, 0.05) is 31.8 Å². The molecule has 1 saturated heterocycles. The van der Waals surface area contributed by atoms with Gasteiger partial charge < -0.3 is 9.42 Å². The zero-order valence-electron chi connectivity index (χ0n) is 14.4. The Morgan fingerprint density at radius 1 is 1.28 bits per heavy atom. The molecule has 1 aliphatic heterocycles. The third-order valence-electron chi connectivity index (χ3n) is 5.20. The average Bonchev–Trinajstić information content (AvgIpc) is 3.24. The lowest BCUT2D eigenvalue weighted by Gasteiger charge is -2.31. The van der Waals surface area contributed by atoms with Gasteiger partial charge in [-0.2, -0.15) is 5.10 Å². The van der Waals surface area contributed by atoms with Crippen molar-refractivity contribution in [2.24, 2.45) is 5.92 Å². The van der Waals surface area contributed by atoms with Gasteiger partial charge in [-0.1, -0.05) is 5.16 Å². The third-order valence-corrected chi connectivity index (χ3v) is 5.20. The van der Waals surface area contributed by atoms with E-state index < -0.39 is 0 Å². The predicted molar refractivity (Wildman–Crippen MR) is 90.4 cm³/mol. The molecule has 0 saturated carbocycles. The Balaban J connectivity index is 1.38. The summed E-state index contributed by atoms with van der Waals surface area (Å²) in [4.78, 5) is 26.4. The molecule has 2 aromatic heterocycles. The lowest BCUT2D eigenvalue weighted by molar-refractivity contribution is 0.0670. The molecule has 0 bridgehead atoms. The quantitative estimate of drug-likeness (QED) is 0.846. The van der Waals surface area contributed by atoms with E-state index in [-0.39, 0.29) is 11.5 Å². The molecule has 0 unspecified atom stereocenters. The highest BCUT2D eigenvalue weighted by Gasteiger charge is 2.26. The number of rotatable bonds is 3. The van der Waals surface area contributed by atoms with E-state index in [1.807, 2.05) is 4.90 Å². The number of nitrogens with zero attached hydrogens (tertiary/aromatic N) is 4. The molecular weight excluding hydrogens is 320 g/mol. The normalized spacial score (nSPS) is 17.7. The van der Waals surface area contributed by atoms with Crippen LogP contribution in [0.4, 0.5) is 0 Å². The maximum Gasteiger partial charge on any atom is 0.276 e. The molecule has 3 heterocycles. The average molecular weight is 342 g/mol. The predicted octanol–water partition coefficient (Wildman–Crippen LogP) is 1.58. The summed E-state index contributed by atoms with van der Waals surface area (Å²) >= 11 is 0. The highest BCUT2D eigenvalue weighted by Crippen LogP contribution is 2.21. The first-order chi connectivity index (χ1) is 12.1. The lowest BCUT2D eigenvalue weighted by atomic mass is 9.96. The van der Waals surface area contributed by atoms with Crippen LogP contribution in [0.15, 0.2) is 21.5 Å². The second-order valence-electron chi connectivity index (χ2n) is 7.05. The van der Waals surface area contributed by atoms with E-state index >= 15 is 0 Å². The molecule has 7 heteroatoms. The van der Waals surface area contributed by atoms with Crippen LogP contribution in [0.1, 0.15) is 46.8 Å². The van der Waals surface area contributed by atoms with Crippen molar-refractivity contribution >= 4 is 5.91 Å². The van der Waals surface area contributed by atoms with Gasteiger partial charge in [-0.05, 0) is 50.5 Å². The van der Waals surface area contributed by atoms with Crippen LogP contribution >= 0.6 is 0 Å². The molecule has 1 aliphatic carbocycles.